The third kappa shape index (κ3) is 4.39. The van der Waals surface area contributed by atoms with Gasteiger partial charge < -0.3 is 10.1 Å². The molecule has 3 aromatic rings. The number of ether oxygens (including phenoxy) is 1. The second-order valence-corrected chi connectivity index (χ2v) is 5.75. The van der Waals surface area contributed by atoms with Crippen LogP contribution in [0.2, 0.25) is 5.15 Å². The van der Waals surface area contributed by atoms with Gasteiger partial charge in [-0.25, -0.2) is 4.98 Å². The highest BCUT2D eigenvalue weighted by Crippen LogP contribution is 2.14. The van der Waals surface area contributed by atoms with Gasteiger partial charge in [-0.05, 0) is 42.8 Å². The number of carbonyl (C=O) groups excluding carboxylic acids is 1. The van der Waals surface area contributed by atoms with Gasteiger partial charge in [0.15, 0.2) is 0 Å². The van der Waals surface area contributed by atoms with E-state index in [9.17, 15) is 4.79 Å². The van der Waals surface area contributed by atoms with Crippen molar-refractivity contribution in [3.63, 3.8) is 0 Å². The lowest BCUT2D eigenvalue weighted by atomic mass is 10.2. The van der Waals surface area contributed by atoms with E-state index in [1.165, 1.54) is 6.08 Å². The third-order valence-electron chi connectivity index (χ3n) is 3.55. The summed E-state index contributed by atoms with van der Waals surface area (Å²) >= 11 is 6.10. The van der Waals surface area contributed by atoms with Crippen LogP contribution < -0.4 is 10.1 Å². The Kier molecular flexibility index (Phi) is 5.36. The predicted molar refractivity (Wildman–Crippen MR) is 98.7 cm³/mol. The number of nitrogens with one attached hydrogen (secondary N) is 1. The summed E-state index contributed by atoms with van der Waals surface area (Å²) in [7, 11) is 0. The molecule has 0 atom stereocenters. The largest absolute Gasteiger partial charge is 0.494 e. The van der Waals surface area contributed by atoms with Crippen LogP contribution in [0.4, 0.5) is 0 Å². The Labute approximate surface area is 150 Å². The Hall–Kier alpha value is -2.79. The average molecular weight is 356 g/mol. The first-order valence-corrected chi connectivity index (χ1v) is 8.35. The van der Waals surface area contributed by atoms with Crippen molar-refractivity contribution < 1.29 is 9.53 Å². The molecule has 2 aromatic heterocycles. The molecule has 0 spiro atoms. The Bertz CT molecular complexity index is 901. The van der Waals surface area contributed by atoms with E-state index < -0.39 is 0 Å². The number of fused-ring (bicyclic) bond motifs is 1. The summed E-state index contributed by atoms with van der Waals surface area (Å²) in [6, 6.07) is 13.1. The molecule has 0 aliphatic carbocycles. The molecule has 5 nitrogen and oxygen atoms in total. The van der Waals surface area contributed by atoms with Crippen LogP contribution in [0.1, 0.15) is 18.2 Å². The summed E-state index contributed by atoms with van der Waals surface area (Å²) in [6.07, 6.45) is 5.07. The minimum Gasteiger partial charge on any atom is -0.494 e. The van der Waals surface area contributed by atoms with Crippen molar-refractivity contribution in [2.45, 2.75) is 13.5 Å². The molecule has 25 heavy (non-hydrogen) atoms. The van der Waals surface area contributed by atoms with Gasteiger partial charge in [-0.3, -0.25) is 9.20 Å². The van der Waals surface area contributed by atoms with E-state index in [1.807, 2.05) is 49.5 Å². The van der Waals surface area contributed by atoms with Gasteiger partial charge in [0, 0.05) is 12.3 Å². The minimum atomic E-state index is -0.183. The maximum Gasteiger partial charge on any atom is 0.244 e. The number of hydrogen-bond acceptors (Lipinski definition) is 3. The van der Waals surface area contributed by atoms with Crippen LogP contribution in [-0.2, 0) is 11.3 Å². The van der Waals surface area contributed by atoms with Gasteiger partial charge in [-0.2, -0.15) is 0 Å². The summed E-state index contributed by atoms with van der Waals surface area (Å²) in [4.78, 5) is 16.4. The van der Waals surface area contributed by atoms with Crippen LogP contribution in [0.5, 0.6) is 5.75 Å². The number of pyridine rings is 1. The molecular weight excluding hydrogens is 338 g/mol. The minimum absolute atomic E-state index is 0.183. The molecule has 0 bridgehead atoms. The zero-order chi connectivity index (χ0) is 17.6. The van der Waals surface area contributed by atoms with Crippen molar-refractivity contribution >= 4 is 29.2 Å². The van der Waals surface area contributed by atoms with E-state index >= 15 is 0 Å². The second-order valence-electron chi connectivity index (χ2n) is 5.36. The van der Waals surface area contributed by atoms with E-state index in [-0.39, 0.29) is 5.91 Å². The van der Waals surface area contributed by atoms with Crippen LogP contribution in [0.3, 0.4) is 0 Å². The van der Waals surface area contributed by atoms with Gasteiger partial charge >= 0.3 is 0 Å². The van der Waals surface area contributed by atoms with Crippen molar-refractivity contribution in [3.8, 4) is 5.75 Å². The first kappa shape index (κ1) is 17.0. The maximum atomic E-state index is 12.0. The number of imidazole rings is 1. The van der Waals surface area contributed by atoms with Crippen LogP contribution in [0, 0.1) is 0 Å². The molecule has 1 aromatic carbocycles. The number of aromatic nitrogens is 2. The van der Waals surface area contributed by atoms with Crippen molar-refractivity contribution in [2.24, 2.45) is 0 Å². The zero-order valence-electron chi connectivity index (χ0n) is 13.8. The molecule has 3 rings (SSSR count). The number of hydrogen-bond donors (Lipinski definition) is 1. The van der Waals surface area contributed by atoms with E-state index in [0.717, 1.165) is 22.7 Å². The summed E-state index contributed by atoms with van der Waals surface area (Å²) in [5, 5.41) is 3.39. The summed E-state index contributed by atoms with van der Waals surface area (Å²) in [5.74, 6) is 0.631. The first-order valence-electron chi connectivity index (χ1n) is 7.97. The normalized spacial score (nSPS) is 11.1. The van der Waals surface area contributed by atoms with Gasteiger partial charge in [0.25, 0.3) is 0 Å². The lowest BCUT2D eigenvalue weighted by Gasteiger charge is -2.02. The molecule has 128 valence electrons. The highest BCUT2D eigenvalue weighted by atomic mass is 35.5. The fourth-order valence-electron chi connectivity index (χ4n) is 2.36. The smallest absolute Gasteiger partial charge is 0.244 e. The summed E-state index contributed by atoms with van der Waals surface area (Å²) in [5.41, 5.74) is 2.43. The molecule has 0 saturated heterocycles. The van der Waals surface area contributed by atoms with E-state index in [0.29, 0.717) is 18.3 Å². The molecule has 1 N–H and O–H groups in total. The van der Waals surface area contributed by atoms with Crippen molar-refractivity contribution in [3.05, 3.63) is 71.1 Å². The van der Waals surface area contributed by atoms with Crippen LogP contribution >= 0.6 is 11.6 Å². The number of rotatable bonds is 6. The molecule has 6 heteroatoms. The van der Waals surface area contributed by atoms with Gasteiger partial charge in [-0.1, -0.05) is 29.8 Å². The Morgan fingerprint density at radius 3 is 2.80 bits per heavy atom. The quantitative estimate of drug-likeness (QED) is 0.541. The van der Waals surface area contributed by atoms with E-state index in [2.05, 4.69) is 10.3 Å². The first-order chi connectivity index (χ1) is 12.2. The van der Waals surface area contributed by atoms with Crippen molar-refractivity contribution in [1.29, 1.82) is 0 Å². The highest BCUT2D eigenvalue weighted by molar-refractivity contribution is 6.29. The third-order valence-corrected chi connectivity index (χ3v) is 3.86. The van der Waals surface area contributed by atoms with Gasteiger partial charge in [0.2, 0.25) is 5.91 Å². The average Bonchev–Trinajstić information content (AvgIpc) is 3.04. The highest BCUT2D eigenvalue weighted by Gasteiger charge is 2.04. The molecular formula is C19H18ClN3O2. The summed E-state index contributed by atoms with van der Waals surface area (Å²) in [6.45, 7) is 2.91. The molecule has 0 saturated carbocycles. The lowest BCUT2D eigenvalue weighted by Crippen LogP contribution is -2.20. The van der Waals surface area contributed by atoms with Gasteiger partial charge in [0.1, 0.15) is 16.5 Å². The zero-order valence-corrected chi connectivity index (χ0v) is 14.5. The molecule has 0 radical (unpaired) electrons. The molecule has 0 fully saturated rings. The monoisotopic (exact) mass is 355 g/mol. The fourth-order valence-corrected chi connectivity index (χ4v) is 2.57. The number of benzene rings is 1. The predicted octanol–water partition coefficient (Wildman–Crippen LogP) is 3.72. The SMILES string of the molecule is CCOc1ccc(/C=C/C(=O)NCc2cn3c(Cl)cccc3n2)cc1. The lowest BCUT2D eigenvalue weighted by molar-refractivity contribution is -0.116. The topological polar surface area (TPSA) is 55.6 Å². The van der Waals surface area contributed by atoms with Crippen LogP contribution in [0.15, 0.2) is 54.7 Å². The Balaban J connectivity index is 1.57. The van der Waals surface area contributed by atoms with Crippen molar-refractivity contribution in [2.75, 3.05) is 6.61 Å². The van der Waals surface area contributed by atoms with Gasteiger partial charge in [0.05, 0.1) is 18.8 Å². The van der Waals surface area contributed by atoms with Crippen LogP contribution in [-0.4, -0.2) is 21.9 Å². The van der Waals surface area contributed by atoms with Gasteiger partial charge in [-0.15, -0.1) is 0 Å². The van der Waals surface area contributed by atoms with Crippen molar-refractivity contribution in [1.82, 2.24) is 14.7 Å². The van der Waals surface area contributed by atoms with E-state index in [4.69, 9.17) is 16.3 Å². The molecule has 0 aliphatic rings. The Morgan fingerprint density at radius 1 is 1.28 bits per heavy atom. The molecule has 1 amide bonds. The van der Waals surface area contributed by atoms with E-state index in [1.54, 1.807) is 16.5 Å². The van der Waals surface area contributed by atoms with Crippen LogP contribution in [0.25, 0.3) is 11.7 Å². The summed E-state index contributed by atoms with van der Waals surface area (Å²) < 4.78 is 7.16. The number of amides is 1. The molecule has 2 heterocycles. The standard InChI is InChI=1S/C19H18ClN3O2/c1-2-25-16-9-6-14(7-10-16)8-11-19(24)21-12-15-13-23-17(20)4-3-5-18(23)22-15/h3-11,13H,2,12H2,1H3,(H,21,24)/b11-8+. The molecule has 0 unspecified atom stereocenters. The number of halogens is 1. The number of carbonyl (C=O) groups is 1. The maximum absolute atomic E-state index is 12.0. The second kappa shape index (κ2) is 7.85. The number of nitrogens with zero attached hydrogens (tertiary/aromatic N) is 2. The Morgan fingerprint density at radius 2 is 2.08 bits per heavy atom. The molecule has 0 aliphatic heterocycles. The fraction of sp³-hybridized carbons (Fsp3) is 0.158.